The average Bonchev–Trinajstić information content (AvgIpc) is 3.38. The second-order valence-corrected chi connectivity index (χ2v) is 12.5. The Balaban J connectivity index is 1.46. The molecule has 3 N–H and O–H groups in total. The molecule has 2 heterocycles. The third kappa shape index (κ3) is 5.00. The first-order chi connectivity index (χ1) is 17.1. The lowest BCUT2D eigenvalue weighted by Crippen LogP contribution is -2.31. The molecule has 0 spiro atoms. The summed E-state index contributed by atoms with van der Waals surface area (Å²) in [6, 6.07) is 19.3. The molecule has 9 nitrogen and oxygen atoms in total. The molecular formula is C24H21ClN4O5S2. The number of aromatic amines is 1. The van der Waals surface area contributed by atoms with E-state index in [1.807, 2.05) is 29.0 Å². The molecule has 1 amide bonds. The number of imidazole rings is 1. The molecule has 1 fully saturated rings. The highest BCUT2D eigenvalue weighted by molar-refractivity contribution is 7.90. The van der Waals surface area contributed by atoms with Gasteiger partial charge in [0.1, 0.15) is 11.1 Å². The number of H-pyrrole nitrogens is 1. The van der Waals surface area contributed by atoms with Gasteiger partial charge >= 0.3 is 0 Å². The average molecular weight is 545 g/mol. The highest BCUT2D eigenvalue weighted by Gasteiger charge is 2.37. The third-order valence-electron chi connectivity index (χ3n) is 5.93. The van der Waals surface area contributed by atoms with Crippen molar-refractivity contribution in [2.75, 3.05) is 0 Å². The first-order valence-electron chi connectivity index (χ1n) is 11.0. The van der Waals surface area contributed by atoms with Gasteiger partial charge < -0.3 is 4.98 Å². The number of rotatable bonds is 7. The van der Waals surface area contributed by atoms with Gasteiger partial charge in [0.15, 0.2) is 0 Å². The number of carbonyl (C=O) groups excluding carboxylic acids is 1. The van der Waals surface area contributed by atoms with E-state index in [1.165, 1.54) is 12.1 Å². The molecule has 1 aliphatic rings. The Bertz CT molecular complexity index is 1640. The number of hydrogen-bond acceptors (Lipinski definition) is 6. The van der Waals surface area contributed by atoms with Gasteiger partial charge in [-0.15, -0.1) is 0 Å². The number of para-hydroxylation sites is 2. The van der Waals surface area contributed by atoms with Crippen molar-refractivity contribution in [3.8, 4) is 0 Å². The lowest BCUT2D eigenvalue weighted by atomic mass is 10.0. The number of fused-ring (bicyclic) bond motifs is 1. The van der Waals surface area contributed by atoms with Crippen molar-refractivity contribution >= 4 is 48.6 Å². The van der Waals surface area contributed by atoms with Crippen LogP contribution in [0.1, 0.15) is 34.7 Å². The molecule has 12 heteroatoms. The van der Waals surface area contributed by atoms with Gasteiger partial charge in [0.2, 0.25) is 26.0 Å². The molecule has 2 atom stereocenters. The molecule has 3 aromatic carbocycles. The van der Waals surface area contributed by atoms with Gasteiger partial charge in [-0.3, -0.25) is 9.52 Å². The van der Waals surface area contributed by atoms with E-state index in [9.17, 15) is 21.6 Å². The summed E-state index contributed by atoms with van der Waals surface area (Å²) < 4.78 is 55.5. The summed E-state index contributed by atoms with van der Waals surface area (Å²) in [6.45, 7) is 0. The number of halogens is 1. The number of nitrogens with zero attached hydrogens (tertiary/aromatic N) is 1. The summed E-state index contributed by atoms with van der Waals surface area (Å²) >= 11 is 6.01. The normalized spacial score (nSPS) is 18.2. The summed E-state index contributed by atoms with van der Waals surface area (Å²) in [5, 5.41) is -0.657. The Kier molecular flexibility index (Phi) is 6.33. The Morgan fingerprint density at radius 3 is 2.47 bits per heavy atom. The van der Waals surface area contributed by atoms with E-state index in [-0.39, 0.29) is 17.7 Å². The Labute approximate surface area is 213 Å². The monoisotopic (exact) mass is 544 g/mol. The molecule has 1 aromatic heterocycles. The summed E-state index contributed by atoms with van der Waals surface area (Å²) in [6.07, 6.45) is 0.0945. The number of nitrogens with one attached hydrogen (secondary N) is 3. The van der Waals surface area contributed by atoms with Crippen molar-refractivity contribution in [1.82, 2.24) is 19.4 Å². The maximum atomic E-state index is 13.2. The SMILES string of the molecule is O=C1CC(c2ccc(C[C@H](NS(=O)(=O)c3cccc(Cl)c3)c3nc4ccccc4[nH]3)cc2)S(=O)(=O)N1. The maximum absolute atomic E-state index is 13.2. The molecule has 0 radical (unpaired) electrons. The van der Waals surface area contributed by atoms with Gasteiger partial charge in [-0.1, -0.05) is 54.1 Å². The second kappa shape index (κ2) is 9.32. The number of sulfonamides is 2. The topological polar surface area (TPSA) is 138 Å². The minimum atomic E-state index is -3.95. The lowest BCUT2D eigenvalue weighted by molar-refractivity contribution is -0.118. The van der Waals surface area contributed by atoms with Gasteiger partial charge in [0, 0.05) is 5.02 Å². The van der Waals surface area contributed by atoms with Gasteiger partial charge in [-0.25, -0.2) is 26.5 Å². The van der Waals surface area contributed by atoms with Gasteiger partial charge in [0.05, 0.1) is 28.4 Å². The standard InChI is InChI=1S/C24H21ClN4O5S2/c25-17-4-3-5-18(13-17)35(31,32)28-21(24-26-19-6-1-2-7-20(19)27-24)12-15-8-10-16(11-9-15)22-14-23(30)29-36(22,33)34/h1-11,13,21-22,28H,12,14H2,(H,26,27)(H,29,30)/t21-,22?/m0/s1. The van der Waals surface area contributed by atoms with E-state index < -0.39 is 37.2 Å². The van der Waals surface area contributed by atoms with Crippen molar-refractivity contribution in [2.24, 2.45) is 0 Å². The first kappa shape index (κ1) is 24.4. The minimum absolute atomic E-state index is 0.0232. The lowest BCUT2D eigenvalue weighted by Gasteiger charge is -2.18. The fourth-order valence-corrected chi connectivity index (χ4v) is 7.10. The quantitative estimate of drug-likeness (QED) is 0.326. The highest BCUT2D eigenvalue weighted by Crippen LogP contribution is 2.31. The molecule has 0 bridgehead atoms. The van der Waals surface area contributed by atoms with Crippen molar-refractivity contribution in [3.63, 3.8) is 0 Å². The number of benzene rings is 3. The van der Waals surface area contributed by atoms with Gasteiger partial charge in [0.25, 0.3) is 0 Å². The molecule has 1 aliphatic heterocycles. The van der Waals surface area contributed by atoms with Crippen LogP contribution < -0.4 is 9.44 Å². The Morgan fingerprint density at radius 2 is 1.81 bits per heavy atom. The Hall–Kier alpha value is -3.25. The van der Waals surface area contributed by atoms with Crippen LogP contribution >= 0.6 is 11.6 Å². The van der Waals surface area contributed by atoms with Crippen LogP contribution in [0, 0.1) is 0 Å². The predicted molar refractivity (Wildman–Crippen MR) is 135 cm³/mol. The summed E-state index contributed by atoms with van der Waals surface area (Å²) in [7, 11) is -7.71. The first-order valence-corrected chi connectivity index (χ1v) is 14.4. The van der Waals surface area contributed by atoms with Gasteiger partial charge in [-0.05, 0) is 47.9 Å². The fourth-order valence-electron chi connectivity index (χ4n) is 4.17. The smallest absolute Gasteiger partial charge is 0.242 e. The van der Waals surface area contributed by atoms with E-state index in [2.05, 4.69) is 14.7 Å². The number of amides is 1. The van der Waals surface area contributed by atoms with Crippen molar-refractivity contribution in [3.05, 3.63) is 94.8 Å². The summed E-state index contributed by atoms with van der Waals surface area (Å²) in [4.78, 5) is 19.4. The van der Waals surface area contributed by atoms with Crippen LogP contribution in [0.4, 0.5) is 0 Å². The van der Waals surface area contributed by atoms with Crippen LogP contribution in [-0.4, -0.2) is 32.7 Å². The van der Waals surface area contributed by atoms with Crippen LogP contribution in [0.25, 0.3) is 11.0 Å². The van der Waals surface area contributed by atoms with Crippen molar-refractivity contribution in [2.45, 2.75) is 29.0 Å². The van der Waals surface area contributed by atoms with Crippen LogP contribution in [0.15, 0.2) is 77.7 Å². The van der Waals surface area contributed by atoms with E-state index in [0.29, 0.717) is 21.9 Å². The number of carbonyl (C=O) groups is 1. The maximum Gasteiger partial charge on any atom is 0.242 e. The van der Waals surface area contributed by atoms with E-state index >= 15 is 0 Å². The largest absolute Gasteiger partial charge is 0.341 e. The number of aromatic nitrogens is 2. The predicted octanol–water partition coefficient (Wildman–Crippen LogP) is 3.37. The molecular weight excluding hydrogens is 524 g/mol. The molecule has 5 rings (SSSR count). The molecule has 0 saturated carbocycles. The van der Waals surface area contributed by atoms with Crippen molar-refractivity contribution < 1.29 is 21.6 Å². The fraction of sp³-hybridized carbons (Fsp3) is 0.167. The van der Waals surface area contributed by atoms with Crippen LogP contribution in [0.3, 0.4) is 0 Å². The molecule has 186 valence electrons. The summed E-state index contributed by atoms with van der Waals surface area (Å²) in [5.74, 6) is -0.108. The molecule has 1 unspecified atom stereocenters. The zero-order valence-electron chi connectivity index (χ0n) is 18.7. The van der Waals surface area contributed by atoms with Crippen LogP contribution in [-0.2, 0) is 31.3 Å². The molecule has 1 saturated heterocycles. The van der Waals surface area contributed by atoms with Crippen LogP contribution in [0.5, 0.6) is 0 Å². The van der Waals surface area contributed by atoms with E-state index in [1.54, 1.807) is 36.4 Å². The van der Waals surface area contributed by atoms with E-state index in [0.717, 1.165) is 11.1 Å². The van der Waals surface area contributed by atoms with E-state index in [4.69, 9.17) is 11.6 Å². The third-order valence-corrected chi connectivity index (χ3v) is 9.34. The molecule has 36 heavy (non-hydrogen) atoms. The van der Waals surface area contributed by atoms with Crippen LogP contribution in [0.2, 0.25) is 5.02 Å². The molecule has 4 aromatic rings. The molecule has 0 aliphatic carbocycles. The minimum Gasteiger partial charge on any atom is -0.341 e. The van der Waals surface area contributed by atoms with Gasteiger partial charge in [-0.2, -0.15) is 0 Å². The zero-order valence-corrected chi connectivity index (χ0v) is 21.1. The zero-order chi connectivity index (χ0) is 25.5. The van der Waals surface area contributed by atoms with Crippen molar-refractivity contribution in [1.29, 1.82) is 0 Å². The highest BCUT2D eigenvalue weighted by atomic mass is 35.5. The Morgan fingerprint density at radius 1 is 1.06 bits per heavy atom. The number of hydrogen-bond donors (Lipinski definition) is 3. The summed E-state index contributed by atoms with van der Waals surface area (Å²) in [5.41, 5.74) is 2.68. The second-order valence-electron chi connectivity index (χ2n) is 8.48.